The van der Waals surface area contributed by atoms with Crippen molar-refractivity contribution in [1.29, 1.82) is 0 Å². The van der Waals surface area contributed by atoms with Gasteiger partial charge in [0, 0.05) is 12.0 Å². The van der Waals surface area contributed by atoms with Gasteiger partial charge in [0.1, 0.15) is 22.9 Å². The molecular formula is C25H24BrF2N3O3S. The average molecular weight is 564 g/mol. The lowest BCUT2D eigenvalue weighted by Gasteiger charge is -2.42. The molecular weight excluding hydrogens is 540 g/mol. The number of carbonyl (C=O) groups is 1. The van der Waals surface area contributed by atoms with E-state index in [4.69, 9.17) is 0 Å². The van der Waals surface area contributed by atoms with E-state index in [0.29, 0.717) is 20.8 Å². The van der Waals surface area contributed by atoms with Gasteiger partial charge >= 0.3 is 0 Å². The van der Waals surface area contributed by atoms with Gasteiger partial charge in [0.05, 0.1) is 40.3 Å². The van der Waals surface area contributed by atoms with E-state index in [-0.39, 0.29) is 47.7 Å². The monoisotopic (exact) mass is 563 g/mol. The Morgan fingerprint density at radius 1 is 1.37 bits per heavy atom. The van der Waals surface area contributed by atoms with Crippen LogP contribution in [0.4, 0.5) is 8.78 Å². The predicted octanol–water partition coefficient (Wildman–Crippen LogP) is 4.36. The van der Waals surface area contributed by atoms with E-state index in [9.17, 15) is 23.5 Å². The van der Waals surface area contributed by atoms with E-state index in [2.05, 4.69) is 32.8 Å². The standard InChI is InChI=1S/C25H24BrF2N3O3S/c1-14(2)18(32)5-4-6-19-21(15-7-8-17(27)16(26)9-15)22-23(35-19)29-13-30(24(22)34)10-20(33)31-11-25(3,28)12-31/h7-9,13-14,18,32H,5,10-12H2,1-3H3. The van der Waals surface area contributed by atoms with Crippen molar-refractivity contribution in [1.82, 2.24) is 14.5 Å². The molecule has 35 heavy (non-hydrogen) atoms. The summed E-state index contributed by atoms with van der Waals surface area (Å²) in [6.45, 7) is 4.95. The van der Waals surface area contributed by atoms with Gasteiger partial charge < -0.3 is 10.0 Å². The molecule has 6 nitrogen and oxygen atoms in total. The third kappa shape index (κ3) is 5.32. The van der Waals surface area contributed by atoms with Gasteiger partial charge in [0.2, 0.25) is 5.91 Å². The lowest BCUT2D eigenvalue weighted by atomic mass is 9.99. The first-order valence-corrected chi connectivity index (χ1v) is 12.7. The number of nitrogens with zero attached hydrogens (tertiary/aromatic N) is 3. The van der Waals surface area contributed by atoms with Gasteiger partial charge in [-0.3, -0.25) is 14.2 Å². The first-order valence-electron chi connectivity index (χ1n) is 11.1. The molecule has 1 saturated heterocycles. The Morgan fingerprint density at radius 3 is 2.71 bits per heavy atom. The summed E-state index contributed by atoms with van der Waals surface area (Å²) in [7, 11) is 0. The van der Waals surface area contributed by atoms with Crippen molar-refractivity contribution in [2.24, 2.45) is 5.92 Å². The molecule has 1 unspecified atom stereocenters. The van der Waals surface area contributed by atoms with Crippen LogP contribution in [0.25, 0.3) is 21.3 Å². The fourth-order valence-electron chi connectivity index (χ4n) is 3.80. The second-order valence-electron chi connectivity index (χ2n) is 9.27. The zero-order chi connectivity index (χ0) is 25.5. The van der Waals surface area contributed by atoms with Crippen LogP contribution in [0, 0.1) is 23.6 Å². The van der Waals surface area contributed by atoms with Crippen LogP contribution in [0.3, 0.4) is 0 Å². The number of likely N-dealkylation sites (tertiary alicyclic amines) is 1. The molecule has 0 bridgehead atoms. The lowest BCUT2D eigenvalue weighted by Crippen LogP contribution is -2.60. The van der Waals surface area contributed by atoms with Gasteiger partial charge in [-0.2, -0.15) is 0 Å². The number of fused-ring (bicyclic) bond motifs is 1. The summed E-state index contributed by atoms with van der Waals surface area (Å²) in [5.41, 5.74) is -0.779. The number of benzene rings is 1. The molecule has 1 atom stereocenters. The normalized spacial score (nSPS) is 15.6. The summed E-state index contributed by atoms with van der Waals surface area (Å²) in [5, 5.41) is 10.4. The third-order valence-corrected chi connectivity index (χ3v) is 7.49. The Balaban J connectivity index is 1.79. The quantitative estimate of drug-likeness (QED) is 0.468. The summed E-state index contributed by atoms with van der Waals surface area (Å²) in [4.78, 5) is 32.7. The first kappa shape index (κ1) is 25.5. The highest BCUT2D eigenvalue weighted by molar-refractivity contribution is 9.10. The van der Waals surface area contributed by atoms with Gasteiger partial charge in [0.25, 0.3) is 5.56 Å². The fourth-order valence-corrected chi connectivity index (χ4v) is 5.21. The largest absolute Gasteiger partial charge is 0.392 e. The smallest absolute Gasteiger partial charge is 0.263 e. The van der Waals surface area contributed by atoms with Crippen molar-refractivity contribution in [3.8, 4) is 23.0 Å². The van der Waals surface area contributed by atoms with Gasteiger partial charge in [-0.1, -0.05) is 31.8 Å². The number of hydrogen-bond acceptors (Lipinski definition) is 5. The summed E-state index contributed by atoms with van der Waals surface area (Å²) in [6, 6.07) is 4.41. The molecule has 4 rings (SSSR count). The van der Waals surface area contributed by atoms with Crippen molar-refractivity contribution in [3.05, 3.63) is 50.0 Å². The third-order valence-electron chi connectivity index (χ3n) is 5.87. The highest BCUT2D eigenvalue weighted by Gasteiger charge is 2.41. The molecule has 184 valence electrons. The Hall–Kier alpha value is -2.61. The molecule has 0 saturated carbocycles. The summed E-state index contributed by atoms with van der Waals surface area (Å²) < 4.78 is 29.2. The SMILES string of the molecule is CC(C)C(O)CC#Cc1sc2ncn(CC(=O)N3CC(C)(F)C3)c(=O)c2c1-c1ccc(F)c(Br)c1. The number of aliphatic hydroxyl groups excluding tert-OH is 1. The van der Waals surface area contributed by atoms with Crippen LogP contribution in [-0.4, -0.2) is 50.3 Å². The molecule has 0 spiro atoms. The number of aliphatic hydroxyl groups is 1. The van der Waals surface area contributed by atoms with Gasteiger partial charge in [-0.15, -0.1) is 11.3 Å². The molecule has 3 aromatic rings. The molecule has 0 radical (unpaired) electrons. The van der Waals surface area contributed by atoms with Gasteiger partial charge in [-0.25, -0.2) is 13.8 Å². The van der Waals surface area contributed by atoms with Crippen molar-refractivity contribution in [2.45, 2.75) is 45.5 Å². The Kier molecular flexibility index (Phi) is 7.13. The number of carbonyl (C=O) groups excluding carboxylic acids is 1. The molecule has 1 N–H and O–H groups in total. The lowest BCUT2D eigenvalue weighted by molar-refractivity contribution is -0.144. The van der Waals surface area contributed by atoms with Gasteiger partial charge in [-0.05, 0) is 46.5 Å². The number of hydrogen-bond donors (Lipinski definition) is 1. The van der Waals surface area contributed by atoms with E-state index >= 15 is 0 Å². The number of aromatic nitrogens is 2. The highest BCUT2D eigenvalue weighted by Crippen LogP contribution is 2.37. The molecule has 1 amide bonds. The maximum atomic E-state index is 13.9. The van der Waals surface area contributed by atoms with E-state index in [1.807, 2.05) is 13.8 Å². The van der Waals surface area contributed by atoms with E-state index in [1.54, 1.807) is 12.1 Å². The number of halogens is 3. The van der Waals surface area contributed by atoms with E-state index in [1.165, 1.54) is 40.1 Å². The van der Waals surface area contributed by atoms with Crippen LogP contribution in [0.2, 0.25) is 0 Å². The molecule has 3 heterocycles. The maximum Gasteiger partial charge on any atom is 0.263 e. The van der Waals surface area contributed by atoms with Crippen LogP contribution in [0.1, 0.15) is 32.1 Å². The van der Waals surface area contributed by atoms with Crippen molar-refractivity contribution >= 4 is 43.4 Å². The maximum absolute atomic E-state index is 13.9. The Bertz CT molecular complexity index is 1410. The van der Waals surface area contributed by atoms with Crippen LogP contribution >= 0.6 is 27.3 Å². The van der Waals surface area contributed by atoms with Crippen LogP contribution in [-0.2, 0) is 11.3 Å². The summed E-state index contributed by atoms with van der Waals surface area (Å²) in [5.74, 6) is 5.26. The minimum absolute atomic E-state index is 0.00840. The molecule has 2 aromatic heterocycles. The second kappa shape index (κ2) is 9.80. The molecule has 1 fully saturated rings. The molecule has 1 aliphatic rings. The van der Waals surface area contributed by atoms with Gasteiger partial charge in [0.15, 0.2) is 0 Å². The molecule has 1 aliphatic heterocycles. The highest BCUT2D eigenvalue weighted by atomic mass is 79.9. The first-order chi connectivity index (χ1) is 16.5. The topological polar surface area (TPSA) is 75.4 Å². The van der Waals surface area contributed by atoms with Crippen molar-refractivity contribution in [2.75, 3.05) is 13.1 Å². The Labute approximate surface area is 213 Å². The minimum Gasteiger partial charge on any atom is -0.392 e. The molecule has 1 aromatic carbocycles. The van der Waals surface area contributed by atoms with E-state index < -0.39 is 23.1 Å². The predicted molar refractivity (Wildman–Crippen MR) is 135 cm³/mol. The molecule has 0 aliphatic carbocycles. The Morgan fingerprint density at radius 2 is 2.09 bits per heavy atom. The fraction of sp³-hybridized carbons (Fsp3) is 0.400. The summed E-state index contributed by atoms with van der Waals surface area (Å²) in [6.07, 6.45) is 0.972. The zero-order valence-corrected chi connectivity index (χ0v) is 21.8. The number of amides is 1. The number of thiophene rings is 1. The van der Waals surface area contributed by atoms with Crippen LogP contribution < -0.4 is 5.56 Å². The molecule has 10 heteroatoms. The second-order valence-corrected chi connectivity index (χ2v) is 11.1. The van der Waals surface area contributed by atoms with Crippen molar-refractivity contribution in [3.63, 3.8) is 0 Å². The van der Waals surface area contributed by atoms with Crippen LogP contribution in [0.5, 0.6) is 0 Å². The number of alkyl halides is 1. The zero-order valence-electron chi connectivity index (χ0n) is 19.4. The number of rotatable bonds is 5. The van der Waals surface area contributed by atoms with E-state index in [0.717, 1.165) is 0 Å². The van der Waals surface area contributed by atoms with Crippen LogP contribution in [0.15, 0.2) is 33.8 Å². The average Bonchev–Trinajstić information content (AvgIpc) is 3.14. The minimum atomic E-state index is -1.41. The van der Waals surface area contributed by atoms with Crippen molar-refractivity contribution < 1.29 is 18.7 Å². The summed E-state index contributed by atoms with van der Waals surface area (Å²) >= 11 is 4.41.